The first-order chi connectivity index (χ1) is 8.02. The molecule has 0 atom stereocenters. The van der Waals surface area contributed by atoms with Crippen LogP contribution in [-0.4, -0.2) is 24.1 Å². The van der Waals surface area contributed by atoms with Crippen molar-refractivity contribution in [2.24, 2.45) is 0 Å². The number of hydrogen-bond donors (Lipinski definition) is 2. The summed E-state index contributed by atoms with van der Waals surface area (Å²) in [7, 11) is 1.52. The second-order valence-electron chi connectivity index (χ2n) is 3.29. The Morgan fingerprint density at radius 3 is 2.71 bits per heavy atom. The van der Waals surface area contributed by atoms with E-state index in [0.717, 1.165) is 4.47 Å². The fraction of sp³-hybridized carbons (Fsp3) is 0.273. The smallest absolute Gasteiger partial charge is 0.303 e. The van der Waals surface area contributed by atoms with Crippen molar-refractivity contribution in [1.29, 1.82) is 0 Å². The van der Waals surface area contributed by atoms with Crippen LogP contribution in [0, 0.1) is 0 Å². The van der Waals surface area contributed by atoms with Gasteiger partial charge in [0.2, 0.25) is 5.91 Å². The molecule has 5 nitrogen and oxygen atoms in total. The Morgan fingerprint density at radius 1 is 1.41 bits per heavy atom. The summed E-state index contributed by atoms with van der Waals surface area (Å²) in [6, 6.07) is 5.10. The molecule has 1 aromatic rings. The van der Waals surface area contributed by atoms with Gasteiger partial charge in [-0.3, -0.25) is 9.59 Å². The Kier molecular flexibility index (Phi) is 4.96. The van der Waals surface area contributed by atoms with Gasteiger partial charge in [-0.2, -0.15) is 0 Å². The number of amides is 1. The summed E-state index contributed by atoms with van der Waals surface area (Å²) < 4.78 is 5.85. The molecule has 0 aliphatic rings. The van der Waals surface area contributed by atoms with E-state index < -0.39 is 5.97 Å². The van der Waals surface area contributed by atoms with E-state index in [-0.39, 0.29) is 18.7 Å². The second kappa shape index (κ2) is 6.24. The maximum Gasteiger partial charge on any atom is 0.303 e. The van der Waals surface area contributed by atoms with E-state index in [0.29, 0.717) is 11.4 Å². The van der Waals surface area contributed by atoms with Crippen molar-refractivity contribution in [3.8, 4) is 5.75 Å². The molecule has 2 N–H and O–H groups in total. The van der Waals surface area contributed by atoms with Gasteiger partial charge in [0.1, 0.15) is 5.75 Å². The Hall–Kier alpha value is -1.56. The topological polar surface area (TPSA) is 75.6 Å². The van der Waals surface area contributed by atoms with Gasteiger partial charge in [-0.05, 0) is 28.1 Å². The lowest BCUT2D eigenvalue weighted by atomic mass is 10.2. The Labute approximate surface area is 107 Å². The van der Waals surface area contributed by atoms with Gasteiger partial charge in [-0.15, -0.1) is 0 Å². The molecule has 0 saturated carbocycles. The number of methoxy groups -OCH3 is 1. The molecule has 0 bridgehead atoms. The molecule has 1 amide bonds. The molecule has 0 spiro atoms. The SMILES string of the molecule is COc1cc(NC(=O)CCC(=O)O)ccc1Br. The fourth-order valence-electron chi connectivity index (χ4n) is 1.18. The van der Waals surface area contributed by atoms with E-state index >= 15 is 0 Å². The largest absolute Gasteiger partial charge is 0.495 e. The van der Waals surface area contributed by atoms with Crippen LogP contribution in [-0.2, 0) is 9.59 Å². The Balaban J connectivity index is 2.62. The molecule has 17 heavy (non-hydrogen) atoms. The molecule has 0 radical (unpaired) electrons. The molecule has 0 aromatic heterocycles. The molecular formula is C11H12BrNO4. The van der Waals surface area contributed by atoms with Gasteiger partial charge in [0, 0.05) is 18.2 Å². The summed E-state index contributed by atoms with van der Waals surface area (Å²) in [6.07, 6.45) is -0.229. The summed E-state index contributed by atoms with van der Waals surface area (Å²) in [5.74, 6) is -0.730. The predicted molar refractivity (Wildman–Crippen MR) is 66.2 cm³/mol. The first-order valence-corrected chi connectivity index (χ1v) is 5.67. The van der Waals surface area contributed by atoms with Crippen molar-refractivity contribution in [1.82, 2.24) is 0 Å². The van der Waals surface area contributed by atoms with Gasteiger partial charge in [-0.1, -0.05) is 0 Å². The van der Waals surface area contributed by atoms with E-state index in [4.69, 9.17) is 9.84 Å². The van der Waals surface area contributed by atoms with Crippen molar-refractivity contribution < 1.29 is 19.4 Å². The number of carbonyl (C=O) groups excluding carboxylic acids is 1. The van der Waals surface area contributed by atoms with Crippen LogP contribution in [0.15, 0.2) is 22.7 Å². The van der Waals surface area contributed by atoms with Gasteiger partial charge >= 0.3 is 5.97 Å². The number of anilines is 1. The monoisotopic (exact) mass is 301 g/mol. The minimum Gasteiger partial charge on any atom is -0.495 e. The third kappa shape index (κ3) is 4.44. The second-order valence-corrected chi connectivity index (χ2v) is 4.15. The van der Waals surface area contributed by atoms with Crippen LogP contribution in [0.25, 0.3) is 0 Å². The Bertz CT molecular complexity index is 433. The van der Waals surface area contributed by atoms with Crippen LogP contribution in [0.2, 0.25) is 0 Å². The number of ether oxygens (including phenoxy) is 1. The zero-order chi connectivity index (χ0) is 12.8. The van der Waals surface area contributed by atoms with E-state index in [1.54, 1.807) is 18.2 Å². The number of nitrogens with one attached hydrogen (secondary N) is 1. The van der Waals surface area contributed by atoms with Crippen LogP contribution in [0.3, 0.4) is 0 Å². The van der Waals surface area contributed by atoms with Crippen molar-refractivity contribution in [2.45, 2.75) is 12.8 Å². The number of carboxylic acid groups (broad SMARTS) is 1. The highest BCUT2D eigenvalue weighted by molar-refractivity contribution is 9.10. The van der Waals surface area contributed by atoms with Gasteiger partial charge in [0.25, 0.3) is 0 Å². The number of hydrogen-bond acceptors (Lipinski definition) is 3. The van der Waals surface area contributed by atoms with Crippen molar-refractivity contribution >= 4 is 33.5 Å². The van der Waals surface area contributed by atoms with Gasteiger partial charge in [-0.25, -0.2) is 0 Å². The molecule has 0 unspecified atom stereocenters. The third-order valence-corrected chi connectivity index (χ3v) is 2.66. The number of carbonyl (C=O) groups is 2. The summed E-state index contributed by atoms with van der Waals surface area (Å²) in [4.78, 5) is 21.7. The maximum atomic E-state index is 11.4. The summed E-state index contributed by atoms with van der Waals surface area (Å²) in [5.41, 5.74) is 0.570. The number of rotatable bonds is 5. The van der Waals surface area contributed by atoms with E-state index in [1.165, 1.54) is 7.11 Å². The average Bonchev–Trinajstić information content (AvgIpc) is 2.29. The number of benzene rings is 1. The number of carboxylic acids is 1. The minimum absolute atomic E-state index is 0.0479. The van der Waals surface area contributed by atoms with Gasteiger partial charge in [0.05, 0.1) is 18.0 Å². The van der Waals surface area contributed by atoms with Gasteiger partial charge in [0.15, 0.2) is 0 Å². The predicted octanol–water partition coefficient (Wildman–Crippen LogP) is 2.26. The van der Waals surface area contributed by atoms with Crippen LogP contribution in [0.1, 0.15) is 12.8 Å². The lowest BCUT2D eigenvalue weighted by Gasteiger charge is -2.08. The zero-order valence-corrected chi connectivity index (χ0v) is 10.8. The summed E-state index contributed by atoms with van der Waals surface area (Å²) in [6.45, 7) is 0. The molecule has 1 rings (SSSR count). The molecule has 0 saturated heterocycles. The maximum absolute atomic E-state index is 11.4. The van der Waals surface area contributed by atoms with Crippen LogP contribution in [0.4, 0.5) is 5.69 Å². The normalized spacial score (nSPS) is 9.76. The number of halogens is 1. The quantitative estimate of drug-likeness (QED) is 0.875. The van der Waals surface area contributed by atoms with E-state index in [2.05, 4.69) is 21.2 Å². The number of aliphatic carboxylic acids is 1. The molecule has 1 aromatic carbocycles. The first kappa shape index (κ1) is 13.5. The van der Waals surface area contributed by atoms with Crippen molar-refractivity contribution in [3.05, 3.63) is 22.7 Å². The molecule has 0 aliphatic heterocycles. The Morgan fingerprint density at radius 2 is 2.12 bits per heavy atom. The standard InChI is InChI=1S/C11H12BrNO4/c1-17-9-6-7(2-3-8(9)12)13-10(14)4-5-11(15)16/h2-3,6H,4-5H2,1H3,(H,13,14)(H,15,16). The molecule has 0 aliphatic carbocycles. The van der Waals surface area contributed by atoms with E-state index in [1.807, 2.05) is 0 Å². The van der Waals surface area contributed by atoms with Gasteiger partial charge < -0.3 is 15.2 Å². The average molecular weight is 302 g/mol. The third-order valence-electron chi connectivity index (χ3n) is 2.00. The molecule has 0 heterocycles. The van der Waals surface area contributed by atoms with Crippen molar-refractivity contribution in [3.63, 3.8) is 0 Å². The highest BCUT2D eigenvalue weighted by Gasteiger charge is 2.07. The minimum atomic E-state index is -0.992. The molecule has 92 valence electrons. The van der Waals surface area contributed by atoms with Crippen LogP contribution in [0.5, 0.6) is 5.75 Å². The lowest BCUT2D eigenvalue weighted by molar-refractivity contribution is -0.138. The zero-order valence-electron chi connectivity index (χ0n) is 9.20. The summed E-state index contributed by atoms with van der Waals surface area (Å²) in [5, 5.41) is 11.0. The molecular weight excluding hydrogens is 290 g/mol. The van der Waals surface area contributed by atoms with E-state index in [9.17, 15) is 9.59 Å². The first-order valence-electron chi connectivity index (χ1n) is 4.88. The fourth-order valence-corrected chi connectivity index (χ4v) is 1.59. The van der Waals surface area contributed by atoms with Crippen molar-refractivity contribution in [2.75, 3.05) is 12.4 Å². The highest BCUT2D eigenvalue weighted by Crippen LogP contribution is 2.27. The van der Waals surface area contributed by atoms with Crippen LogP contribution >= 0.6 is 15.9 Å². The summed E-state index contributed by atoms with van der Waals surface area (Å²) >= 11 is 3.29. The highest BCUT2D eigenvalue weighted by atomic mass is 79.9. The van der Waals surface area contributed by atoms with Crippen LogP contribution < -0.4 is 10.1 Å². The molecule has 6 heteroatoms. The molecule has 0 fully saturated rings. The lowest BCUT2D eigenvalue weighted by Crippen LogP contribution is -2.13.